The van der Waals surface area contributed by atoms with Crippen molar-refractivity contribution in [1.82, 2.24) is 0 Å². The number of hydrogen-bond acceptors (Lipinski definition) is 5. The first-order valence-electron chi connectivity index (χ1n) is 15.0. The highest BCUT2D eigenvalue weighted by Crippen LogP contribution is 2.45. The zero-order chi connectivity index (χ0) is 37.4. The molecule has 0 bridgehead atoms. The van der Waals surface area contributed by atoms with Crippen LogP contribution < -0.4 is 10.6 Å². The summed E-state index contributed by atoms with van der Waals surface area (Å²) < 4.78 is 85.8. The number of Topliss-reactive ketones (excluding diaryl/α,β-unsaturated/α-hetero) is 1. The maximum Gasteiger partial charge on any atom is 0.417 e. The summed E-state index contributed by atoms with van der Waals surface area (Å²) >= 11 is 0. The summed E-state index contributed by atoms with van der Waals surface area (Å²) in [4.78, 5) is 50.9. The Morgan fingerprint density at radius 1 is 0.673 bits per heavy atom. The Bertz CT molecular complexity index is 1810. The van der Waals surface area contributed by atoms with Crippen LogP contribution in [-0.4, -0.2) is 39.4 Å². The quantitative estimate of drug-likeness (QED) is 0.116. The van der Waals surface area contributed by atoms with Crippen molar-refractivity contribution in [2.75, 3.05) is 10.6 Å². The molecule has 0 atom stereocenters. The summed E-state index contributed by atoms with van der Waals surface area (Å²) in [7, 11) is 0. The van der Waals surface area contributed by atoms with Gasteiger partial charge in [-0.3, -0.25) is 9.59 Å². The molecule has 14 heteroatoms. The first-order valence-corrected chi connectivity index (χ1v) is 15.0. The molecular formula is C35H36F6N2O6. The number of anilines is 2. The van der Waals surface area contributed by atoms with Gasteiger partial charge in [-0.15, -0.1) is 0 Å². The molecule has 0 aliphatic carbocycles. The van der Waals surface area contributed by atoms with Gasteiger partial charge in [0.1, 0.15) is 0 Å². The molecule has 0 saturated carbocycles. The van der Waals surface area contributed by atoms with Crippen LogP contribution in [0.2, 0.25) is 0 Å². The summed E-state index contributed by atoms with van der Waals surface area (Å²) in [5, 5.41) is 24.5. The van der Waals surface area contributed by atoms with Crippen LogP contribution in [0.25, 0.3) is 11.1 Å². The fourth-order valence-corrected chi connectivity index (χ4v) is 4.80. The monoisotopic (exact) mass is 694 g/mol. The lowest BCUT2D eigenvalue weighted by molar-refractivity contribution is -0.139. The Hall–Kier alpha value is -4.88. The molecule has 0 aromatic heterocycles. The third-order valence-electron chi connectivity index (χ3n) is 8.70. The van der Waals surface area contributed by atoms with E-state index in [-0.39, 0.29) is 11.6 Å². The van der Waals surface area contributed by atoms with Gasteiger partial charge in [0.05, 0.1) is 27.8 Å². The van der Waals surface area contributed by atoms with Gasteiger partial charge >= 0.3 is 24.3 Å². The van der Waals surface area contributed by atoms with Crippen LogP contribution in [0.4, 0.5) is 37.7 Å². The number of halogens is 6. The van der Waals surface area contributed by atoms with Crippen molar-refractivity contribution < 1.29 is 55.7 Å². The summed E-state index contributed by atoms with van der Waals surface area (Å²) in [5.74, 6) is -5.78. The average molecular weight is 695 g/mol. The predicted octanol–water partition coefficient (Wildman–Crippen LogP) is 9.51. The molecule has 0 fully saturated rings. The molecule has 0 spiro atoms. The van der Waals surface area contributed by atoms with E-state index >= 15 is 0 Å². The third kappa shape index (κ3) is 8.41. The molecule has 3 aromatic rings. The number of carboxylic acids is 2. The van der Waals surface area contributed by atoms with Gasteiger partial charge < -0.3 is 20.8 Å². The maximum atomic E-state index is 14.4. The molecule has 8 nitrogen and oxygen atoms in total. The Morgan fingerprint density at radius 3 is 1.53 bits per heavy atom. The Labute approximate surface area is 278 Å². The molecule has 0 radical (unpaired) electrons. The lowest BCUT2D eigenvalue weighted by Gasteiger charge is -2.28. The van der Waals surface area contributed by atoms with Crippen LogP contribution in [0.15, 0.2) is 48.5 Å². The van der Waals surface area contributed by atoms with E-state index in [1.807, 2.05) is 6.92 Å². The van der Waals surface area contributed by atoms with Gasteiger partial charge in [0, 0.05) is 27.9 Å². The Balaban J connectivity index is 2.19. The van der Waals surface area contributed by atoms with E-state index in [1.54, 1.807) is 27.7 Å². The number of hydrogen-bond donors (Lipinski definition) is 4. The van der Waals surface area contributed by atoms with E-state index in [0.29, 0.717) is 18.6 Å². The second-order valence-electron chi connectivity index (χ2n) is 13.1. The molecule has 1 amide bonds. The number of nitrogens with one attached hydrogen (secondary N) is 2. The maximum absolute atomic E-state index is 14.4. The molecule has 0 aliphatic rings. The largest absolute Gasteiger partial charge is 0.478 e. The van der Waals surface area contributed by atoms with Gasteiger partial charge in [0.2, 0.25) is 0 Å². The second-order valence-corrected chi connectivity index (χ2v) is 13.1. The van der Waals surface area contributed by atoms with Crippen molar-refractivity contribution in [3.05, 3.63) is 81.9 Å². The molecule has 4 N–H and O–H groups in total. The van der Waals surface area contributed by atoms with E-state index in [0.717, 1.165) is 30.3 Å². The molecule has 0 heterocycles. The van der Waals surface area contributed by atoms with Crippen LogP contribution in [-0.2, 0) is 12.4 Å². The van der Waals surface area contributed by atoms with Crippen LogP contribution in [0, 0.1) is 11.3 Å². The zero-order valence-corrected chi connectivity index (χ0v) is 27.7. The number of benzene rings is 3. The van der Waals surface area contributed by atoms with Crippen molar-refractivity contribution in [2.45, 2.75) is 72.8 Å². The van der Waals surface area contributed by atoms with E-state index in [4.69, 9.17) is 0 Å². The van der Waals surface area contributed by atoms with Gasteiger partial charge in [0.15, 0.2) is 5.78 Å². The summed E-state index contributed by atoms with van der Waals surface area (Å²) in [6.07, 6.45) is -9.72. The van der Waals surface area contributed by atoms with Crippen LogP contribution in [0.3, 0.4) is 0 Å². The van der Waals surface area contributed by atoms with Crippen molar-refractivity contribution in [3.63, 3.8) is 0 Å². The summed E-state index contributed by atoms with van der Waals surface area (Å²) in [6, 6.07) is 6.30. The number of aromatic carboxylic acids is 2. The first kappa shape index (κ1) is 38.6. The number of carboxylic acid groups (broad SMARTS) is 2. The minimum atomic E-state index is -5.21. The fourth-order valence-electron chi connectivity index (χ4n) is 4.80. The normalized spacial score (nSPS) is 12.5. The van der Waals surface area contributed by atoms with Crippen molar-refractivity contribution in [2.24, 2.45) is 11.3 Å². The zero-order valence-electron chi connectivity index (χ0n) is 27.7. The standard InChI is InChI=1S/C35H36F6N2O6/c1-8-32(4,5)43-19-10-12-21(27(14-19)35(39,40)41)20-11-9-18(13-26(20)34(36,37)38)42-29(45)23-15-22(28(44)33(6,7)17(2)3)24(30(46)47)16-25(23)31(48)49/h9-17,43H,8H2,1-7H3,(H,42,45)(H,46,47)(H,48,49). The third-order valence-corrected chi connectivity index (χ3v) is 8.70. The number of carbonyl (C=O) groups is 4. The van der Waals surface area contributed by atoms with E-state index in [9.17, 15) is 55.7 Å². The topological polar surface area (TPSA) is 133 Å². The number of carbonyl (C=O) groups excluding carboxylic acids is 2. The molecular weight excluding hydrogens is 658 g/mol. The minimum Gasteiger partial charge on any atom is -0.478 e. The SMILES string of the molecule is CCC(C)(C)Nc1ccc(-c2ccc(NC(=O)c3cc(C(=O)C(C)(C)C(C)C)c(C(=O)O)cc3C(=O)O)cc2C(F)(F)F)c(C(F)(F)F)c1. The van der Waals surface area contributed by atoms with E-state index < -0.39 is 97.1 Å². The lowest BCUT2D eigenvalue weighted by atomic mass is 9.74. The molecule has 264 valence electrons. The Morgan fingerprint density at radius 2 is 1.10 bits per heavy atom. The van der Waals surface area contributed by atoms with Gasteiger partial charge in [-0.1, -0.05) is 46.8 Å². The van der Waals surface area contributed by atoms with Gasteiger partial charge in [-0.05, 0) is 73.7 Å². The Kier molecular flexibility index (Phi) is 10.7. The fraction of sp³-hybridized carbons (Fsp3) is 0.371. The first-order chi connectivity index (χ1) is 22.3. The molecule has 3 aromatic carbocycles. The highest BCUT2D eigenvalue weighted by Gasteiger charge is 2.40. The van der Waals surface area contributed by atoms with Gasteiger partial charge in [0.25, 0.3) is 5.91 Å². The summed E-state index contributed by atoms with van der Waals surface area (Å²) in [5.41, 5.74) is -9.55. The van der Waals surface area contributed by atoms with Crippen molar-refractivity contribution in [1.29, 1.82) is 0 Å². The minimum absolute atomic E-state index is 0.0400. The van der Waals surface area contributed by atoms with Crippen LogP contribution in [0.1, 0.15) is 107 Å². The highest BCUT2D eigenvalue weighted by molar-refractivity contribution is 6.16. The summed E-state index contributed by atoms with van der Waals surface area (Å²) in [6.45, 7) is 11.7. The van der Waals surface area contributed by atoms with Gasteiger partial charge in [-0.2, -0.15) is 26.3 Å². The van der Waals surface area contributed by atoms with Crippen molar-refractivity contribution in [3.8, 4) is 11.1 Å². The number of amides is 1. The number of rotatable bonds is 11. The highest BCUT2D eigenvalue weighted by atomic mass is 19.4. The molecule has 49 heavy (non-hydrogen) atoms. The van der Waals surface area contributed by atoms with Crippen LogP contribution in [0.5, 0.6) is 0 Å². The molecule has 0 aliphatic heterocycles. The van der Waals surface area contributed by atoms with Gasteiger partial charge in [-0.25, -0.2) is 9.59 Å². The van der Waals surface area contributed by atoms with Crippen molar-refractivity contribution >= 4 is 35.0 Å². The lowest BCUT2D eigenvalue weighted by Crippen LogP contribution is -2.32. The molecule has 0 saturated heterocycles. The molecule has 3 rings (SSSR count). The van der Waals surface area contributed by atoms with Crippen LogP contribution >= 0.6 is 0 Å². The second kappa shape index (κ2) is 13.6. The molecule has 0 unspecified atom stereocenters. The average Bonchev–Trinajstić information content (AvgIpc) is 2.98. The number of ketones is 1. The van der Waals surface area contributed by atoms with E-state index in [1.165, 1.54) is 19.9 Å². The number of alkyl halides is 6. The predicted molar refractivity (Wildman–Crippen MR) is 171 cm³/mol. The smallest absolute Gasteiger partial charge is 0.417 e. The van der Waals surface area contributed by atoms with E-state index in [2.05, 4.69) is 10.6 Å².